The molecule has 2 aromatic carbocycles. The predicted octanol–water partition coefficient (Wildman–Crippen LogP) is 3.10. The van der Waals surface area contributed by atoms with Crippen LogP contribution in [0.2, 0.25) is 0 Å². The first-order chi connectivity index (χ1) is 12.2. The molecule has 0 spiro atoms. The first-order valence-electron chi connectivity index (χ1n) is 8.14. The van der Waals surface area contributed by atoms with E-state index in [0.29, 0.717) is 12.4 Å². The average molecular weight is 342 g/mol. The van der Waals surface area contributed by atoms with Crippen molar-refractivity contribution in [1.29, 1.82) is 0 Å². The third-order valence-electron chi connectivity index (χ3n) is 3.26. The molecule has 0 radical (unpaired) electrons. The number of nitrogens with zero attached hydrogens (tertiary/aromatic N) is 1. The van der Waals surface area contributed by atoms with Crippen LogP contribution in [0.25, 0.3) is 0 Å². The largest absolute Gasteiger partial charge is 0.508 e. The minimum atomic E-state index is -0.363. The minimum absolute atomic E-state index is 0.136. The average Bonchev–Trinajstić information content (AvgIpc) is 2.63. The first-order valence-corrected chi connectivity index (χ1v) is 8.14. The van der Waals surface area contributed by atoms with E-state index in [1.165, 1.54) is 6.21 Å². The van der Waals surface area contributed by atoms with Crippen LogP contribution in [0.3, 0.4) is 0 Å². The maximum atomic E-state index is 11.7. The van der Waals surface area contributed by atoms with Crippen molar-refractivity contribution in [2.24, 2.45) is 5.10 Å². The van der Waals surface area contributed by atoms with E-state index in [9.17, 15) is 9.90 Å². The van der Waals surface area contributed by atoms with E-state index >= 15 is 0 Å². The normalized spacial score (nSPS) is 10.6. The van der Waals surface area contributed by atoms with Gasteiger partial charge in [0.05, 0.1) is 12.8 Å². The summed E-state index contributed by atoms with van der Waals surface area (Å²) in [4.78, 5) is 11.7. The number of unbranched alkanes of at least 4 members (excludes halogenated alkanes) is 1. The molecule has 0 saturated heterocycles. The Hall–Kier alpha value is -3.02. The van der Waals surface area contributed by atoms with E-state index in [4.69, 9.17) is 9.47 Å². The van der Waals surface area contributed by atoms with Gasteiger partial charge in [-0.3, -0.25) is 4.79 Å². The number of carbonyl (C=O) groups excluding carboxylic acids is 1. The lowest BCUT2D eigenvalue weighted by Gasteiger charge is -2.07. The predicted molar refractivity (Wildman–Crippen MR) is 96.2 cm³/mol. The van der Waals surface area contributed by atoms with E-state index in [1.54, 1.807) is 36.4 Å². The quantitative estimate of drug-likeness (QED) is 0.417. The lowest BCUT2D eigenvalue weighted by Crippen LogP contribution is -2.24. The fourth-order valence-corrected chi connectivity index (χ4v) is 1.89. The number of carbonyl (C=O) groups is 1. The van der Waals surface area contributed by atoms with E-state index < -0.39 is 0 Å². The van der Waals surface area contributed by atoms with Gasteiger partial charge in [0.1, 0.15) is 17.2 Å². The summed E-state index contributed by atoms with van der Waals surface area (Å²) in [6.07, 6.45) is 3.59. The van der Waals surface area contributed by atoms with Crippen molar-refractivity contribution in [2.45, 2.75) is 19.8 Å². The molecule has 1 amide bonds. The van der Waals surface area contributed by atoms with Gasteiger partial charge in [0, 0.05) is 0 Å². The smallest absolute Gasteiger partial charge is 0.277 e. The standard InChI is InChI=1S/C19H22N2O4/c1-2-3-12-24-17-8-10-18(11-9-17)25-14-19(23)21-20-13-15-4-6-16(22)7-5-15/h4-11,13,22H,2-3,12,14H2,1H3,(H,21,23)/b20-13-. The zero-order valence-corrected chi connectivity index (χ0v) is 14.1. The van der Waals surface area contributed by atoms with Gasteiger partial charge in [0.2, 0.25) is 0 Å². The van der Waals surface area contributed by atoms with E-state index in [1.807, 2.05) is 12.1 Å². The van der Waals surface area contributed by atoms with Gasteiger partial charge in [0.25, 0.3) is 5.91 Å². The fraction of sp³-hybridized carbons (Fsp3) is 0.263. The molecule has 0 fully saturated rings. The second-order valence-corrected chi connectivity index (χ2v) is 5.35. The van der Waals surface area contributed by atoms with Crippen LogP contribution in [0.5, 0.6) is 17.2 Å². The maximum Gasteiger partial charge on any atom is 0.277 e. The molecule has 0 aliphatic rings. The van der Waals surface area contributed by atoms with Gasteiger partial charge in [-0.2, -0.15) is 5.10 Å². The third kappa shape index (κ3) is 6.95. The molecule has 0 aromatic heterocycles. The highest BCUT2D eigenvalue weighted by Gasteiger charge is 2.02. The number of rotatable bonds is 9. The van der Waals surface area contributed by atoms with Crippen molar-refractivity contribution in [2.75, 3.05) is 13.2 Å². The third-order valence-corrected chi connectivity index (χ3v) is 3.26. The minimum Gasteiger partial charge on any atom is -0.508 e. The number of nitrogens with one attached hydrogen (secondary N) is 1. The summed E-state index contributed by atoms with van der Waals surface area (Å²) in [6.45, 7) is 2.67. The molecular weight excluding hydrogens is 320 g/mol. The number of amides is 1. The Labute approximate surface area is 147 Å². The van der Waals surface area contributed by atoms with Crippen LogP contribution in [0.1, 0.15) is 25.3 Å². The van der Waals surface area contributed by atoms with Crippen molar-refractivity contribution >= 4 is 12.1 Å². The number of hydrogen-bond acceptors (Lipinski definition) is 5. The lowest BCUT2D eigenvalue weighted by molar-refractivity contribution is -0.123. The molecule has 2 aromatic rings. The molecule has 0 bridgehead atoms. The Balaban J connectivity index is 1.71. The van der Waals surface area contributed by atoms with Crippen molar-refractivity contribution < 1.29 is 19.4 Å². The zero-order valence-electron chi connectivity index (χ0n) is 14.1. The van der Waals surface area contributed by atoms with E-state index in [2.05, 4.69) is 17.5 Å². The number of phenolic OH excluding ortho intramolecular Hbond substituents is 1. The van der Waals surface area contributed by atoms with Crippen molar-refractivity contribution in [3.05, 3.63) is 54.1 Å². The van der Waals surface area contributed by atoms with Gasteiger partial charge in [-0.15, -0.1) is 0 Å². The van der Waals surface area contributed by atoms with Crippen LogP contribution in [0.15, 0.2) is 53.6 Å². The first kappa shape index (κ1) is 18.3. The van der Waals surface area contributed by atoms with Crippen molar-refractivity contribution in [1.82, 2.24) is 5.43 Å². The summed E-state index contributed by atoms with van der Waals surface area (Å²) in [5.74, 6) is 1.18. The molecule has 2 N–H and O–H groups in total. The molecule has 0 heterocycles. The summed E-state index contributed by atoms with van der Waals surface area (Å²) in [6, 6.07) is 13.6. The maximum absolute atomic E-state index is 11.7. The van der Waals surface area contributed by atoms with Gasteiger partial charge < -0.3 is 14.6 Å². The Morgan fingerprint density at radius 2 is 1.72 bits per heavy atom. The molecule has 0 aliphatic heterocycles. The van der Waals surface area contributed by atoms with Crippen LogP contribution < -0.4 is 14.9 Å². The van der Waals surface area contributed by atoms with Crippen molar-refractivity contribution in [3.63, 3.8) is 0 Å². The zero-order chi connectivity index (χ0) is 17.9. The summed E-state index contributed by atoms with van der Waals surface area (Å²) < 4.78 is 11.0. The highest BCUT2D eigenvalue weighted by atomic mass is 16.5. The van der Waals surface area contributed by atoms with Crippen LogP contribution in [0, 0.1) is 0 Å². The SMILES string of the molecule is CCCCOc1ccc(OCC(=O)N/N=C\c2ccc(O)cc2)cc1. The molecule has 25 heavy (non-hydrogen) atoms. The van der Waals surface area contributed by atoms with Gasteiger partial charge in [0.15, 0.2) is 6.61 Å². The van der Waals surface area contributed by atoms with Gasteiger partial charge in [-0.25, -0.2) is 5.43 Å². The monoisotopic (exact) mass is 342 g/mol. The summed E-state index contributed by atoms with van der Waals surface area (Å²) in [5.41, 5.74) is 3.14. The number of phenols is 1. The van der Waals surface area contributed by atoms with Crippen molar-refractivity contribution in [3.8, 4) is 17.2 Å². The second kappa shape index (κ2) is 9.97. The van der Waals surface area contributed by atoms with Gasteiger partial charge in [-0.1, -0.05) is 13.3 Å². The van der Waals surface area contributed by atoms with E-state index in [0.717, 1.165) is 24.2 Å². The summed E-state index contributed by atoms with van der Waals surface area (Å²) in [7, 11) is 0. The number of aromatic hydroxyl groups is 1. The molecule has 2 rings (SSSR count). The Morgan fingerprint density at radius 3 is 2.36 bits per heavy atom. The van der Waals surface area contributed by atoms with Crippen LogP contribution in [0.4, 0.5) is 0 Å². The Bertz CT molecular complexity index is 682. The summed E-state index contributed by atoms with van der Waals surface area (Å²) in [5, 5.41) is 13.0. The molecular formula is C19H22N2O4. The molecule has 0 aliphatic carbocycles. The Kier molecular flexibility index (Phi) is 7.31. The number of hydrogen-bond donors (Lipinski definition) is 2. The number of hydrazone groups is 1. The highest BCUT2D eigenvalue weighted by Crippen LogP contribution is 2.17. The van der Waals surface area contributed by atoms with E-state index in [-0.39, 0.29) is 18.3 Å². The lowest BCUT2D eigenvalue weighted by atomic mass is 10.2. The Morgan fingerprint density at radius 1 is 1.08 bits per heavy atom. The number of benzene rings is 2. The molecule has 0 saturated carbocycles. The van der Waals surface area contributed by atoms with Crippen LogP contribution >= 0.6 is 0 Å². The molecule has 132 valence electrons. The molecule has 6 heteroatoms. The van der Waals surface area contributed by atoms with Crippen LogP contribution in [-0.4, -0.2) is 30.4 Å². The van der Waals surface area contributed by atoms with Crippen LogP contribution in [-0.2, 0) is 4.79 Å². The fourth-order valence-electron chi connectivity index (χ4n) is 1.89. The second-order valence-electron chi connectivity index (χ2n) is 5.35. The number of ether oxygens (including phenoxy) is 2. The summed E-state index contributed by atoms with van der Waals surface area (Å²) >= 11 is 0. The molecule has 0 atom stereocenters. The van der Waals surface area contributed by atoms with Gasteiger partial charge in [-0.05, 0) is 60.5 Å². The molecule has 0 unspecified atom stereocenters. The molecule has 6 nitrogen and oxygen atoms in total. The highest BCUT2D eigenvalue weighted by molar-refractivity contribution is 5.83. The topological polar surface area (TPSA) is 80.2 Å². The van der Waals surface area contributed by atoms with Gasteiger partial charge >= 0.3 is 0 Å².